The summed E-state index contributed by atoms with van der Waals surface area (Å²) in [5.74, 6) is -0.222. The summed E-state index contributed by atoms with van der Waals surface area (Å²) in [5.41, 5.74) is 5.20. The molecule has 0 N–H and O–H groups in total. The van der Waals surface area contributed by atoms with E-state index in [4.69, 9.17) is 0 Å². The molecule has 2 heterocycles. The summed E-state index contributed by atoms with van der Waals surface area (Å²) in [4.78, 5) is 4.41. The molecular formula is C15H13FN2. The van der Waals surface area contributed by atoms with Crippen molar-refractivity contribution in [3.63, 3.8) is 0 Å². The zero-order valence-electron chi connectivity index (χ0n) is 10.3. The molecule has 3 rings (SSSR count). The van der Waals surface area contributed by atoms with E-state index in [9.17, 15) is 4.39 Å². The Morgan fingerprint density at radius 2 is 1.78 bits per heavy atom. The van der Waals surface area contributed by atoms with Crippen LogP contribution >= 0.6 is 0 Å². The molecule has 0 bridgehead atoms. The van der Waals surface area contributed by atoms with Crippen molar-refractivity contribution in [2.45, 2.75) is 13.8 Å². The number of aryl methyl sites for hydroxylation is 2. The summed E-state index contributed by atoms with van der Waals surface area (Å²) in [6.07, 6.45) is 1.83. The van der Waals surface area contributed by atoms with Crippen LogP contribution in [-0.4, -0.2) is 9.38 Å². The minimum atomic E-state index is -0.222. The lowest BCUT2D eigenvalue weighted by Crippen LogP contribution is -1.94. The molecule has 0 unspecified atom stereocenters. The fourth-order valence-corrected chi connectivity index (χ4v) is 2.30. The normalized spacial score (nSPS) is 11.1. The predicted octanol–water partition coefficient (Wildman–Crippen LogP) is 3.76. The Bertz CT molecular complexity index is 711. The van der Waals surface area contributed by atoms with Crippen molar-refractivity contribution in [3.05, 3.63) is 59.7 Å². The van der Waals surface area contributed by atoms with Gasteiger partial charge in [-0.25, -0.2) is 9.37 Å². The molecule has 0 aliphatic rings. The largest absolute Gasteiger partial charge is 0.297 e. The second-order valence-corrected chi connectivity index (χ2v) is 4.52. The van der Waals surface area contributed by atoms with Crippen molar-refractivity contribution in [2.24, 2.45) is 0 Å². The highest BCUT2D eigenvalue weighted by atomic mass is 19.1. The maximum Gasteiger partial charge on any atom is 0.137 e. The minimum Gasteiger partial charge on any atom is -0.297 e. The molecule has 0 aliphatic heterocycles. The second-order valence-electron chi connectivity index (χ2n) is 4.52. The maximum absolute atomic E-state index is 13.0. The van der Waals surface area contributed by atoms with Gasteiger partial charge in [-0.1, -0.05) is 0 Å². The zero-order valence-corrected chi connectivity index (χ0v) is 10.3. The number of hydrogen-bond acceptors (Lipinski definition) is 1. The third kappa shape index (κ3) is 1.68. The summed E-state index contributed by atoms with van der Waals surface area (Å²) in [6.45, 7) is 4.11. The quantitative estimate of drug-likeness (QED) is 0.633. The lowest BCUT2D eigenvalue weighted by atomic mass is 10.1. The smallest absolute Gasteiger partial charge is 0.137 e. The van der Waals surface area contributed by atoms with Crippen LogP contribution in [0.3, 0.4) is 0 Å². The van der Waals surface area contributed by atoms with Gasteiger partial charge in [0.25, 0.3) is 0 Å². The Morgan fingerprint density at radius 1 is 1.06 bits per heavy atom. The van der Waals surface area contributed by atoms with Crippen LogP contribution in [0.25, 0.3) is 16.9 Å². The summed E-state index contributed by atoms with van der Waals surface area (Å²) < 4.78 is 15.0. The maximum atomic E-state index is 13.0. The van der Waals surface area contributed by atoms with Gasteiger partial charge in [0.15, 0.2) is 0 Å². The van der Waals surface area contributed by atoms with Crippen molar-refractivity contribution < 1.29 is 4.39 Å². The Kier molecular flexibility index (Phi) is 2.40. The van der Waals surface area contributed by atoms with Crippen LogP contribution in [0.5, 0.6) is 0 Å². The lowest BCUT2D eigenvalue weighted by molar-refractivity contribution is 0.628. The number of fused-ring (bicyclic) bond motifs is 1. The first-order chi connectivity index (χ1) is 8.65. The fraction of sp³-hybridized carbons (Fsp3) is 0.133. The van der Waals surface area contributed by atoms with Crippen molar-refractivity contribution in [2.75, 3.05) is 0 Å². The Morgan fingerprint density at radius 3 is 2.50 bits per heavy atom. The van der Waals surface area contributed by atoms with Crippen LogP contribution in [0.15, 0.2) is 42.6 Å². The number of benzene rings is 1. The Balaban J connectivity index is 2.27. The van der Waals surface area contributed by atoms with E-state index in [1.54, 1.807) is 12.1 Å². The van der Waals surface area contributed by atoms with Crippen molar-refractivity contribution in [1.29, 1.82) is 0 Å². The van der Waals surface area contributed by atoms with Crippen molar-refractivity contribution in [3.8, 4) is 11.3 Å². The SMILES string of the molecule is Cc1cc(C)n2c(-c3ccc(F)cc3)cnc2c1. The van der Waals surface area contributed by atoms with Gasteiger partial charge in [0.05, 0.1) is 11.9 Å². The average molecular weight is 240 g/mol. The number of hydrogen-bond donors (Lipinski definition) is 0. The number of imidazole rings is 1. The molecule has 0 aliphatic carbocycles. The molecule has 18 heavy (non-hydrogen) atoms. The molecule has 0 amide bonds. The number of nitrogens with zero attached hydrogens (tertiary/aromatic N) is 2. The highest BCUT2D eigenvalue weighted by Gasteiger charge is 2.08. The molecule has 0 saturated heterocycles. The molecule has 0 fully saturated rings. The van der Waals surface area contributed by atoms with E-state index in [2.05, 4.69) is 29.3 Å². The van der Waals surface area contributed by atoms with Gasteiger partial charge in [-0.2, -0.15) is 0 Å². The van der Waals surface area contributed by atoms with Crippen molar-refractivity contribution in [1.82, 2.24) is 9.38 Å². The molecular weight excluding hydrogens is 227 g/mol. The van der Waals surface area contributed by atoms with Gasteiger partial charge in [0.2, 0.25) is 0 Å². The average Bonchev–Trinajstić information content (AvgIpc) is 2.74. The lowest BCUT2D eigenvalue weighted by Gasteiger charge is -2.06. The van der Waals surface area contributed by atoms with E-state index in [0.29, 0.717) is 0 Å². The molecule has 2 aromatic heterocycles. The molecule has 2 nitrogen and oxygen atoms in total. The summed E-state index contributed by atoms with van der Waals surface area (Å²) in [7, 11) is 0. The van der Waals surface area contributed by atoms with Gasteiger partial charge >= 0.3 is 0 Å². The molecule has 0 atom stereocenters. The fourth-order valence-electron chi connectivity index (χ4n) is 2.30. The van der Waals surface area contributed by atoms with Crippen LogP contribution in [0.1, 0.15) is 11.3 Å². The van der Waals surface area contributed by atoms with Gasteiger partial charge < -0.3 is 0 Å². The van der Waals surface area contributed by atoms with Crippen LogP contribution in [0.4, 0.5) is 4.39 Å². The standard InChI is InChI=1S/C15H13FN2/c1-10-7-11(2)18-14(9-17-15(18)8-10)12-3-5-13(16)6-4-12/h3-9H,1-2H3. The van der Waals surface area contributed by atoms with E-state index in [-0.39, 0.29) is 5.82 Å². The molecule has 1 aromatic carbocycles. The summed E-state index contributed by atoms with van der Waals surface area (Å²) in [6, 6.07) is 10.6. The summed E-state index contributed by atoms with van der Waals surface area (Å²) in [5, 5.41) is 0. The molecule has 0 spiro atoms. The molecule has 0 saturated carbocycles. The van der Waals surface area contributed by atoms with Crippen molar-refractivity contribution >= 4 is 5.65 Å². The van der Waals surface area contributed by atoms with Gasteiger partial charge in [-0.15, -0.1) is 0 Å². The van der Waals surface area contributed by atoms with E-state index >= 15 is 0 Å². The molecule has 3 aromatic rings. The predicted molar refractivity (Wildman–Crippen MR) is 70.1 cm³/mol. The number of rotatable bonds is 1. The van der Waals surface area contributed by atoms with Gasteiger partial charge in [0, 0.05) is 11.3 Å². The first-order valence-corrected chi connectivity index (χ1v) is 5.86. The number of aromatic nitrogens is 2. The molecule has 0 radical (unpaired) electrons. The van der Waals surface area contributed by atoms with Crippen LogP contribution in [0, 0.1) is 19.7 Å². The molecule has 90 valence electrons. The zero-order chi connectivity index (χ0) is 12.7. The summed E-state index contributed by atoms with van der Waals surface area (Å²) >= 11 is 0. The van der Waals surface area contributed by atoms with Crippen LogP contribution in [-0.2, 0) is 0 Å². The van der Waals surface area contributed by atoms with Crippen LogP contribution < -0.4 is 0 Å². The van der Waals surface area contributed by atoms with E-state index in [1.165, 1.54) is 17.7 Å². The topological polar surface area (TPSA) is 17.3 Å². The Hall–Kier alpha value is -2.16. The minimum absolute atomic E-state index is 0.222. The highest BCUT2D eigenvalue weighted by Crippen LogP contribution is 2.23. The highest BCUT2D eigenvalue weighted by molar-refractivity contribution is 5.64. The monoisotopic (exact) mass is 240 g/mol. The molecule has 3 heteroatoms. The first-order valence-electron chi connectivity index (χ1n) is 5.86. The van der Waals surface area contributed by atoms with E-state index in [1.807, 2.05) is 12.3 Å². The van der Waals surface area contributed by atoms with Gasteiger partial charge in [0.1, 0.15) is 11.5 Å². The third-order valence-corrected chi connectivity index (χ3v) is 3.08. The number of halogens is 1. The van der Waals surface area contributed by atoms with E-state index in [0.717, 1.165) is 22.6 Å². The van der Waals surface area contributed by atoms with E-state index < -0.39 is 0 Å². The second kappa shape index (κ2) is 3.95. The van der Waals surface area contributed by atoms with Gasteiger partial charge in [-0.05, 0) is 55.8 Å². The van der Waals surface area contributed by atoms with Gasteiger partial charge in [-0.3, -0.25) is 4.40 Å². The van der Waals surface area contributed by atoms with Crippen LogP contribution in [0.2, 0.25) is 0 Å². The third-order valence-electron chi connectivity index (χ3n) is 3.08. The Labute approximate surface area is 105 Å². The first kappa shape index (κ1) is 11.0. The number of pyridine rings is 1.